The van der Waals surface area contributed by atoms with Gasteiger partial charge in [-0.1, -0.05) is 18.2 Å². The summed E-state index contributed by atoms with van der Waals surface area (Å²) in [5, 5.41) is 5.62. The summed E-state index contributed by atoms with van der Waals surface area (Å²) >= 11 is 1.79. The first-order valence-electron chi connectivity index (χ1n) is 8.24. The number of benzene rings is 2. The predicted molar refractivity (Wildman–Crippen MR) is 102 cm³/mol. The fourth-order valence-corrected chi connectivity index (χ4v) is 2.92. The number of hydrogen-bond acceptors (Lipinski definition) is 4. The van der Waals surface area contributed by atoms with Crippen LogP contribution in [0.4, 0.5) is 4.79 Å². The number of amides is 2. The number of methoxy groups -OCH3 is 1. The lowest BCUT2D eigenvalue weighted by atomic mass is 10.3. The molecule has 0 unspecified atom stereocenters. The van der Waals surface area contributed by atoms with Crippen molar-refractivity contribution in [3.8, 4) is 11.5 Å². The molecular weight excluding hydrogens is 336 g/mol. The Hall–Kier alpha value is -2.34. The van der Waals surface area contributed by atoms with Crippen LogP contribution in [0.25, 0.3) is 0 Å². The average Bonchev–Trinajstić information content (AvgIpc) is 2.66. The Labute approximate surface area is 153 Å². The molecule has 0 aliphatic rings. The quantitative estimate of drug-likeness (QED) is 0.502. The summed E-state index contributed by atoms with van der Waals surface area (Å²) < 4.78 is 10.6. The molecule has 0 bridgehead atoms. The van der Waals surface area contributed by atoms with E-state index in [4.69, 9.17) is 9.47 Å². The van der Waals surface area contributed by atoms with Crippen molar-refractivity contribution in [3.63, 3.8) is 0 Å². The molecule has 2 aromatic rings. The molecule has 0 radical (unpaired) electrons. The van der Waals surface area contributed by atoms with Crippen LogP contribution >= 0.6 is 11.8 Å². The van der Waals surface area contributed by atoms with E-state index in [1.54, 1.807) is 18.9 Å². The number of nitrogens with one attached hydrogen (secondary N) is 2. The van der Waals surface area contributed by atoms with Gasteiger partial charge in [0.2, 0.25) is 0 Å². The van der Waals surface area contributed by atoms with E-state index in [1.807, 2.05) is 42.5 Å². The molecule has 0 aliphatic heterocycles. The molecule has 2 amide bonds. The van der Waals surface area contributed by atoms with Crippen LogP contribution in [0.3, 0.4) is 0 Å². The van der Waals surface area contributed by atoms with Gasteiger partial charge in [-0.3, -0.25) is 0 Å². The lowest BCUT2D eigenvalue weighted by Crippen LogP contribution is -2.38. The molecule has 0 aromatic heterocycles. The molecule has 0 saturated heterocycles. The maximum atomic E-state index is 11.7. The number of hydrogen-bond donors (Lipinski definition) is 2. The number of ether oxygens (including phenoxy) is 2. The minimum atomic E-state index is -0.164. The van der Waals surface area contributed by atoms with Crippen molar-refractivity contribution in [1.82, 2.24) is 10.6 Å². The summed E-state index contributed by atoms with van der Waals surface area (Å²) in [4.78, 5) is 12.9. The number of carbonyl (C=O) groups excluding carboxylic acids is 1. The van der Waals surface area contributed by atoms with Gasteiger partial charge < -0.3 is 20.1 Å². The number of carbonyl (C=O) groups is 1. The Morgan fingerprint density at radius 1 is 0.960 bits per heavy atom. The Morgan fingerprint density at radius 2 is 1.64 bits per heavy atom. The highest BCUT2D eigenvalue weighted by molar-refractivity contribution is 7.99. The van der Waals surface area contributed by atoms with Crippen LogP contribution in [0.1, 0.15) is 6.42 Å². The fraction of sp³-hybridized carbons (Fsp3) is 0.316. The van der Waals surface area contributed by atoms with Gasteiger partial charge in [0.25, 0.3) is 0 Å². The van der Waals surface area contributed by atoms with E-state index in [0.29, 0.717) is 19.7 Å². The molecule has 5 nitrogen and oxygen atoms in total. The van der Waals surface area contributed by atoms with Crippen molar-refractivity contribution < 1.29 is 14.3 Å². The second-order valence-corrected chi connectivity index (χ2v) is 6.39. The Bertz CT molecular complexity index is 620. The average molecular weight is 360 g/mol. The normalized spacial score (nSPS) is 10.1. The van der Waals surface area contributed by atoms with Gasteiger partial charge in [-0.15, -0.1) is 11.8 Å². The molecule has 25 heavy (non-hydrogen) atoms. The Kier molecular flexibility index (Phi) is 8.55. The zero-order valence-electron chi connectivity index (χ0n) is 14.4. The van der Waals surface area contributed by atoms with Crippen molar-refractivity contribution in [2.24, 2.45) is 0 Å². The molecule has 6 heteroatoms. The second kappa shape index (κ2) is 11.3. The number of rotatable bonds is 10. The summed E-state index contributed by atoms with van der Waals surface area (Å²) in [5.41, 5.74) is 0. The van der Waals surface area contributed by atoms with Crippen LogP contribution in [0.5, 0.6) is 11.5 Å². The Morgan fingerprint density at radius 3 is 2.36 bits per heavy atom. The van der Waals surface area contributed by atoms with Gasteiger partial charge in [-0.2, -0.15) is 0 Å². The Balaban J connectivity index is 1.48. The van der Waals surface area contributed by atoms with Crippen molar-refractivity contribution in [2.75, 3.05) is 32.6 Å². The van der Waals surface area contributed by atoms with E-state index in [9.17, 15) is 4.79 Å². The first-order chi connectivity index (χ1) is 12.3. The highest BCUT2D eigenvalue weighted by Gasteiger charge is 2.00. The van der Waals surface area contributed by atoms with Gasteiger partial charge in [0.15, 0.2) is 0 Å². The summed E-state index contributed by atoms with van der Waals surface area (Å²) in [6.07, 6.45) is 0.926. The lowest BCUT2D eigenvalue weighted by Gasteiger charge is -2.09. The number of thioether (sulfide) groups is 1. The summed E-state index contributed by atoms with van der Waals surface area (Å²) in [5.74, 6) is 2.52. The third kappa shape index (κ3) is 7.85. The summed E-state index contributed by atoms with van der Waals surface area (Å²) in [6, 6.07) is 17.4. The lowest BCUT2D eigenvalue weighted by molar-refractivity contribution is 0.236. The van der Waals surface area contributed by atoms with Gasteiger partial charge in [-0.25, -0.2) is 4.79 Å². The van der Waals surface area contributed by atoms with Crippen molar-refractivity contribution in [3.05, 3.63) is 54.6 Å². The third-order valence-corrected chi connectivity index (χ3v) is 4.43. The predicted octanol–water partition coefficient (Wildman–Crippen LogP) is 3.56. The molecule has 0 saturated carbocycles. The highest BCUT2D eigenvalue weighted by atomic mass is 32.2. The molecule has 0 fully saturated rings. The van der Waals surface area contributed by atoms with Gasteiger partial charge in [0, 0.05) is 11.4 Å². The van der Waals surface area contributed by atoms with Crippen LogP contribution in [0.2, 0.25) is 0 Å². The second-order valence-electron chi connectivity index (χ2n) is 5.22. The van der Waals surface area contributed by atoms with E-state index >= 15 is 0 Å². The van der Waals surface area contributed by atoms with Crippen LogP contribution < -0.4 is 20.1 Å². The molecule has 2 rings (SSSR count). The van der Waals surface area contributed by atoms with Crippen molar-refractivity contribution in [1.29, 1.82) is 0 Å². The zero-order valence-corrected chi connectivity index (χ0v) is 15.2. The number of urea groups is 1. The highest BCUT2D eigenvalue weighted by Crippen LogP contribution is 2.17. The van der Waals surface area contributed by atoms with E-state index in [1.165, 1.54) is 4.90 Å². The minimum Gasteiger partial charge on any atom is -0.497 e. The van der Waals surface area contributed by atoms with E-state index in [2.05, 4.69) is 22.8 Å². The van der Waals surface area contributed by atoms with Crippen LogP contribution in [0, 0.1) is 0 Å². The van der Waals surface area contributed by atoms with Gasteiger partial charge in [0.05, 0.1) is 13.7 Å². The van der Waals surface area contributed by atoms with Gasteiger partial charge in [-0.05, 0) is 48.6 Å². The SMILES string of the molecule is COc1ccc(OCCNC(=O)NCCCSc2ccccc2)cc1. The first-order valence-corrected chi connectivity index (χ1v) is 9.23. The van der Waals surface area contributed by atoms with Crippen molar-refractivity contribution >= 4 is 17.8 Å². The standard InChI is InChI=1S/C19H24N2O3S/c1-23-16-8-10-17(11-9-16)24-14-13-21-19(22)20-12-5-15-25-18-6-3-2-4-7-18/h2-4,6-11H,5,12-15H2,1H3,(H2,20,21,22). The molecule has 0 atom stereocenters. The van der Waals surface area contributed by atoms with Gasteiger partial charge >= 0.3 is 6.03 Å². The molecule has 0 spiro atoms. The van der Waals surface area contributed by atoms with E-state index < -0.39 is 0 Å². The van der Waals surface area contributed by atoms with Crippen LogP contribution in [-0.2, 0) is 0 Å². The maximum absolute atomic E-state index is 11.7. The summed E-state index contributed by atoms with van der Waals surface area (Å²) in [6.45, 7) is 1.53. The van der Waals surface area contributed by atoms with E-state index in [-0.39, 0.29) is 6.03 Å². The zero-order chi connectivity index (χ0) is 17.7. The topological polar surface area (TPSA) is 59.6 Å². The summed E-state index contributed by atoms with van der Waals surface area (Å²) in [7, 11) is 1.62. The molecule has 0 aliphatic carbocycles. The fourth-order valence-electron chi connectivity index (χ4n) is 2.05. The smallest absolute Gasteiger partial charge is 0.314 e. The molecule has 2 N–H and O–H groups in total. The minimum absolute atomic E-state index is 0.164. The molecule has 0 heterocycles. The molecule has 2 aromatic carbocycles. The van der Waals surface area contributed by atoms with Crippen LogP contribution in [0.15, 0.2) is 59.5 Å². The van der Waals surface area contributed by atoms with Crippen molar-refractivity contribution in [2.45, 2.75) is 11.3 Å². The maximum Gasteiger partial charge on any atom is 0.314 e. The molecule has 134 valence electrons. The largest absolute Gasteiger partial charge is 0.497 e. The van der Waals surface area contributed by atoms with Gasteiger partial charge in [0.1, 0.15) is 18.1 Å². The molecular formula is C19H24N2O3S. The third-order valence-electron chi connectivity index (χ3n) is 3.33. The first kappa shape index (κ1) is 19.0. The van der Waals surface area contributed by atoms with E-state index in [0.717, 1.165) is 23.7 Å². The monoisotopic (exact) mass is 360 g/mol. The van der Waals surface area contributed by atoms with Crippen LogP contribution in [-0.4, -0.2) is 38.6 Å².